The predicted octanol–water partition coefficient (Wildman–Crippen LogP) is 3.73. The normalized spacial score (nSPS) is 13.0. The summed E-state index contributed by atoms with van der Waals surface area (Å²) in [5.74, 6) is 2.19. The first-order valence-corrected chi connectivity index (χ1v) is 10.8. The van der Waals surface area contributed by atoms with Crippen LogP contribution in [-0.4, -0.2) is 51.4 Å². The van der Waals surface area contributed by atoms with Crippen molar-refractivity contribution in [2.45, 2.75) is 13.0 Å². The van der Waals surface area contributed by atoms with Gasteiger partial charge in [0.05, 0.1) is 20.8 Å². The van der Waals surface area contributed by atoms with Crippen LogP contribution in [0.15, 0.2) is 48.5 Å². The fourth-order valence-electron chi connectivity index (χ4n) is 2.42. The quantitative estimate of drug-likeness (QED) is 0.485. The van der Waals surface area contributed by atoms with Crippen LogP contribution in [-0.2, 0) is 13.8 Å². The highest BCUT2D eigenvalue weighted by atomic mass is 31.2. The summed E-state index contributed by atoms with van der Waals surface area (Å²) in [6.45, 7) is 1.89. The summed E-state index contributed by atoms with van der Waals surface area (Å²) in [5.41, 5.74) is 0. The lowest BCUT2D eigenvalue weighted by Gasteiger charge is -2.21. The van der Waals surface area contributed by atoms with Crippen molar-refractivity contribution in [2.75, 3.05) is 40.4 Å². The molecule has 0 amide bonds. The van der Waals surface area contributed by atoms with E-state index >= 15 is 0 Å². The first-order chi connectivity index (χ1) is 14.0. The van der Waals surface area contributed by atoms with Gasteiger partial charge in [-0.25, -0.2) is 0 Å². The second kappa shape index (κ2) is 11.7. The molecule has 2 rings (SSSR count). The molecule has 1 unspecified atom stereocenters. The summed E-state index contributed by atoms with van der Waals surface area (Å²) in [6, 6.07) is 14.3. The number of hydrogen-bond acceptors (Lipinski definition) is 7. The highest BCUT2D eigenvalue weighted by molar-refractivity contribution is 7.52. The summed E-state index contributed by atoms with van der Waals surface area (Å²) in [4.78, 5) is 9.78. The number of benzene rings is 2. The lowest BCUT2D eigenvalue weighted by molar-refractivity contribution is 0.00548. The molecule has 0 saturated heterocycles. The topological polar surface area (TPSA) is 92.7 Å². The van der Waals surface area contributed by atoms with E-state index in [9.17, 15) is 9.46 Å². The van der Waals surface area contributed by atoms with E-state index in [2.05, 4.69) is 0 Å². The third kappa shape index (κ3) is 7.59. The van der Waals surface area contributed by atoms with E-state index in [1.165, 1.54) is 0 Å². The maximum absolute atomic E-state index is 12.0. The minimum atomic E-state index is -3.85. The number of ether oxygens (including phenoxy) is 5. The molecule has 0 aromatic heterocycles. The Balaban J connectivity index is 2.04. The van der Waals surface area contributed by atoms with Gasteiger partial charge >= 0.3 is 7.60 Å². The number of para-hydroxylation sites is 4. The number of hydrogen-bond donors (Lipinski definition) is 1. The Morgan fingerprint density at radius 1 is 0.862 bits per heavy atom. The molecule has 2 aromatic carbocycles. The number of methoxy groups -OCH3 is 2. The Bertz CT molecular complexity index is 746. The zero-order valence-electron chi connectivity index (χ0n) is 16.8. The van der Waals surface area contributed by atoms with Crippen LogP contribution in [0.4, 0.5) is 0 Å². The lowest BCUT2D eigenvalue weighted by Crippen LogP contribution is -2.29. The third-order valence-corrected chi connectivity index (χ3v) is 4.93. The zero-order valence-corrected chi connectivity index (χ0v) is 17.7. The van der Waals surface area contributed by atoms with Crippen molar-refractivity contribution in [1.29, 1.82) is 0 Å². The summed E-state index contributed by atoms with van der Waals surface area (Å²) in [5, 5.41) is 0. The number of rotatable bonds is 13. The van der Waals surface area contributed by atoms with Gasteiger partial charge in [0, 0.05) is 0 Å². The van der Waals surface area contributed by atoms with Gasteiger partial charge < -0.3 is 33.1 Å². The molecule has 1 atom stereocenters. The molecule has 0 aliphatic rings. The highest BCUT2D eigenvalue weighted by Crippen LogP contribution is 2.41. The second-order valence-electron chi connectivity index (χ2n) is 5.90. The van der Waals surface area contributed by atoms with Gasteiger partial charge in [0.2, 0.25) is 0 Å². The standard InChI is InChI=1S/C20H27O8P/c1-4-28-29(21,22)15-27-16(13-25-19-11-7-5-9-17(19)23-2)14-26-20-12-8-6-10-18(20)24-3/h5-12,16H,4,13-15H2,1-3H3,(H,21,22). The molecule has 0 radical (unpaired) electrons. The van der Waals surface area contributed by atoms with Crippen LogP contribution in [0.1, 0.15) is 6.92 Å². The smallest absolute Gasteiger partial charge is 0.353 e. The van der Waals surface area contributed by atoms with Crippen LogP contribution < -0.4 is 18.9 Å². The van der Waals surface area contributed by atoms with Crippen molar-refractivity contribution in [3.8, 4) is 23.0 Å². The van der Waals surface area contributed by atoms with Gasteiger partial charge in [0.25, 0.3) is 0 Å². The van der Waals surface area contributed by atoms with Crippen LogP contribution in [0, 0.1) is 0 Å². The molecule has 0 aliphatic carbocycles. The summed E-state index contributed by atoms with van der Waals surface area (Å²) < 4.78 is 44.5. The molecule has 29 heavy (non-hydrogen) atoms. The lowest BCUT2D eigenvalue weighted by atomic mass is 10.3. The average molecular weight is 426 g/mol. The fraction of sp³-hybridized carbons (Fsp3) is 0.400. The summed E-state index contributed by atoms with van der Waals surface area (Å²) in [7, 11) is -0.758. The van der Waals surface area contributed by atoms with Gasteiger partial charge in [-0.05, 0) is 31.2 Å². The predicted molar refractivity (Wildman–Crippen MR) is 108 cm³/mol. The van der Waals surface area contributed by atoms with Gasteiger partial charge in [-0.3, -0.25) is 4.57 Å². The van der Waals surface area contributed by atoms with Crippen LogP contribution in [0.3, 0.4) is 0 Å². The molecule has 8 nitrogen and oxygen atoms in total. The van der Waals surface area contributed by atoms with Gasteiger partial charge in [-0.15, -0.1) is 0 Å². The monoisotopic (exact) mass is 426 g/mol. The summed E-state index contributed by atoms with van der Waals surface area (Å²) >= 11 is 0. The molecule has 160 valence electrons. The first-order valence-electron chi connectivity index (χ1n) is 9.08. The Morgan fingerprint density at radius 3 is 1.72 bits per heavy atom. The Morgan fingerprint density at radius 2 is 1.31 bits per heavy atom. The molecule has 0 fully saturated rings. The van der Waals surface area contributed by atoms with Gasteiger partial charge in [0.1, 0.15) is 25.7 Å². The molecule has 2 aromatic rings. The van der Waals surface area contributed by atoms with Crippen LogP contribution in [0.2, 0.25) is 0 Å². The van der Waals surface area contributed by atoms with Crippen LogP contribution >= 0.6 is 7.60 Å². The molecule has 0 aliphatic heterocycles. The maximum atomic E-state index is 12.0. The van der Waals surface area contributed by atoms with Crippen molar-refractivity contribution < 1.29 is 37.7 Å². The SMILES string of the molecule is CCOP(=O)(O)COC(COc1ccccc1OC)COc1ccccc1OC. The van der Waals surface area contributed by atoms with Crippen molar-refractivity contribution in [2.24, 2.45) is 0 Å². The molecule has 0 heterocycles. The Kier molecular flexibility index (Phi) is 9.28. The van der Waals surface area contributed by atoms with E-state index in [0.29, 0.717) is 23.0 Å². The zero-order chi connectivity index (χ0) is 21.1. The van der Waals surface area contributed by atoms with Crippen molar-refractivity contribution in [1.82, 2.24) is 0 Å². The molecule has 0 saturated carbocycles. The van der Waals surface area contributed by atoms with E-state index in [1.54, 1.807) is 45.4 Å². The van der Waals surface area contributed by atoms with E-state index in [4.69, 9.17) is 28.2 Å². The largest absolute Gasteiger partial charge is 0.493 e. The minimum absolute atomic E-state index is 0.0711. The van der Waals surface area contributed by atoms with Crippen LogP contribution in [0.25, 0.3) is 0 Å². The van der Waals surface area contributed by atoms with E-state index < -0.39 is 20.0 Å². The Labute approximate surface area is 170 Å². The highest BCUT2D eigenvalue weighted by Gasteiger charge is 2.23. The molecule has 1 N–H and O–H groups in total. The average Bonchev–Trinajstić information content (AvgIpc) is 2.73. The van der Waals surface area contributed by atoms with Gasteiger partial charge in [-0.1, -0.05) is 24.3 Å². The molecule has 9 heteroatoms. The second-order valence-corrected chi connectivity index (χ2v) is 7.69. The fourth-order valence-corrected chi connectivity index (χ4v) is 3.30. The molecule has 0 spiro atoms. The minimum Gasteiger partial charge on any atom is -0.493 e. The van der Waals surface area contributed by atoms with Gasteiger partial charge in [-0.2, -0.15) is 0 Å². The third-order valence-electron chi connectivity index (χ3n) is 3.79. The molecular formula is C20H27O8P. The summed E-state index contributed by atoms with van der Waals surface area (Å²) in [6.07, 6.45) is -1.12. The molecular weight excluding hydrogens is 399 g/mol. The maximum Gasteiger partial charge on any atom is 0.353 e. The van der Waals surface area contributed by atoms with Crippen molar-refractivity contribution >= 4 is 7.60 Å². The molecule has 0 bridgehead atoms. The van der Waals surface area contributed by atoms with Crippen molar-refractivity contribution in [3.63, 3.8) is 0 Å². The van der Waals surface area contributed by atoms with Gasteiger partial charge in [0.15, 0.2) is 23.0 Å². The first kappa shape index (κ1) is 23.0. The van der Waals surface area contributed by atoms with E-state index in [0.717, 1.165) is 0 Å². The van der Waals surface area contributed by atoms with E-state index in [-0.39, 0.29) is 19.8 Å². The van der Waals surface area contributed by atoms with Crippen molar-refractivity contribution in [3.05, 3.63) is 48.5 Å². The van der Waals surface area contributed by atoms with Crippen LogP contribution in [0.5, 0.6) is 23.0 Å². The van der Waals surface area contributed by atoms with E-state index in [1.807, 2.05) is 24.3 Å². The Hall–Kier alpha value is -2.25.